The molecule has 0 unspecified atom stereocenters. The van der Waals surface area contributed by atoms with Crippen molar-refractivity contribution in [2.75, 3.05) is 27.4 Å². The number of aliphatic hydroxyl groups excluding tert-OH is 2. The molecule has 0 atom stereocenters. The lowest BCUT2D eigenvalue weighted by Gasteiger charge is -2.25. The molecule has 0 saturated carbocycles. The molecule has 0 saturated heterocycles. The summed E-state index contributed by atoms with van der Waals surface area (Å²) in [5, 5.41) is 18.8. The molecule has 1 rings (SSSR count). The van der Waals surface area contributed by atoms with Crippen LogP contribution in [0.4, 0.5) is 0 Å². The van der Waals surface area contributed by atoms with Gasteiger partial charge >= 0.3 is 0 Å². The molecular weight excluding hydrogens is 242 g/mol. The summed E-state index contributed by atoms with van der Waals surface area (Å²) in [6, 6.07) is 5.11. The second kappa shape index (κ2) is 6.81. The topological polar surface area (TPSA) is 52.9 Å². The van der Waals surface area contributed by atoms with E-state index in [1.54, 1.807) is 19.2 Å². The maximum absolute atomic E-state index is 9.10. The van der Waals surface area contributed by atoms with Gasteiger partial charge < -0.3 is 14.9 Å². The van der Waals surface area contributed by atoms with Gasteiger partial charge in [-0.1, -0.05) is 11.6 Å². The van der Waals surface area contributed by atoms with Gasteiger partial charge in [-0.05, 0) is 25.2 Å². The summed E-state index contributed by atoms with van der Waals surface area (Å²) in [6.07, 6.45) is 0. The highest BCUT2D eigenvalue weighted by molar-refractivity contribution is 6.30. The van der Waals surface area contributed by atoms with E-state index in [-0.39, 0.29) is 19.3 Å². The Hall–Kier alpha value is -0.810. The van der Waals surface area contributed by atoms with Crippen LogP contribution in [-0.2, 0) is 6.54 Å². The maximum Gasteiger partial charge on any atom is 0.123 e. The van der Waals surface area contributed by atoms with E-state index >= 15 is 0 Å². The average molecular weight is 260 g/mol. The maximum atomic E-state index is 9.10. The highest BCUT2D eigenvalue weighted by Crippen LogP contribution is 2.24. The zero-order chi connectivity index (χ0) is 12.8. The molecule has 96 valence electrons. The van der Waals surface area contributed by atoms with Gasteiger partial charge in [-0.2, -0.15) is 0 Å². The van der Waals surface area contributed by atoms with E-state index in [2.05, 4.69) is 0 Å². The first kappa shape index (κ1) is 14.3. The van der Waals surface area contributed by atoms with Crippen LogP contribution in [0.3, 0.4) is 0 Å². The van der Waals surface area contributed by atoms with Gasteiger partial charge in [0.2, 0.25) is 0 Å². The first-order valence-electron chi connectivity index (χ1n) is 5.36. The third-order valence-electron chi connectivity index (χ3n) is 2.71. The summed E-state index contributed by atoms with van der Waals surface area (Å²) in [5.41, 5.74) is 0.925. The van der Waals surface area contributed by atoms with Gasteiger partial charge in [0.1, 0.15) is 5.75 Å². The Morgan fingerprint density at radius 1 is 1.35 bits per heavy atom. The molecule has 0 spiro atoms. The molecule has 0 fully saturated rings. The molecule has 5 heteroatoms. The number of aliphatic hydroxyl groups is 2. The van der Waals surface area contributed by atoms with E-state index in [1.165, 1.54) is 0 Å². The Morgan fingerprint density at radius 2 is 2.00 bits per heavy atom. The van der Waals surface area contributed by atoms with Crippen molar-refractivity contribution in [3.05, 3.63) is 28.8 Å². The van der Waals surface area contributed by atoms with E-state index < -0.39 is 0 Å². The summed E-state index contributed by atoms with van der Waals surface area (Å²) in [6.45, 7) is 0.376. The molecule has 17 heavy (non-hydrogen) atoms. The van der Waals surface area contributed by atoms with Crippen LogP contribution in [0.15, 0.2) is 18.2 Å². The molecule has 1 aromatic carbocycles. The van der Waals surface area contributed by atoms with Gasteiger partial charge in [0, 0.05) is 17.1 Å². The van der Waals surface area contributed by atoms with Crippen molar-refractivity contribution in [1.82, 2.24) is 4.90 Å². The summed E-state index contributed by atoms with van der Waals surface area (Å²) >= 11 is 5.93. The van der Waals surface area contributed by atoms with Crippen molar-refractivity contribution in [1.29, 1.82) is 0 Å². The van der Waals surface area contributed by atoms with Crippen LogP contribution in [0.25, 0.3) is 0 Å². The van der Waals surface area contributed by atoms with Crippen LogP contribution < -0.4 is 4.74 Å². The van der Waals surface area contributed by atoms with E-state index in [0.29, 0.717) is 11.6 Å². The van der Waals surface area contributed by atoms with E-state index in [1.807, 2.05) is 18.0 Å². The van der Waals surface area contributed by atoms with Crippen molar-refractivity contribution in [2.24, 2.45) is 0 Å². The van der Waals surface area contributed by atoms with Crippen molar-refractivity contribution in [2.45, 2.75) is 12.6 Å². The number of hydrogen-bond acceptors (Lipinski definition) is 4. The van der Waals surface area contributed by atoms with Gasteiger partial charge in [-0.15, -0.1) is 0 Å². The molecule has 0 aromatic heterocycles. The summed E-state index contributed by atoms with van der Waals surface area (Å²) in [4.78, 5) is 1.86. The second-order valence-electron chi connectivity index (χ2n) is 3.89. The van der Waals surface area contributed by atoms with Crippen LogP contribution >= 0.6 is 11.6 Å². The van der Waals surface area contributed by atoms with Crippen LogP contribution in [0.2, 0.25) is 5.02 Å². The fraction of sp³-hybridized carbons (Fsp3) is 0.500. The van der Waals surface area contributed by atoms with Crippen LogP contribution in [0, 0.1) is 0 Å². The Balaban J connectivity index is 2.82. The molecule has 1 aromatic rings. The lowest BCUT2D eigenvalue weighted by Crippen LogP contribution is -2.37. The first-order chi connectivity index (χ1) is 8.12. The Kier molecular flexibility index (Phi) is 5.71. The number of halogens is 1. The monoisotopic (exact) mass is 259 g/mol. The number of benzene rings is 1. The van der Waals surface area contributed by atoms with E-state index in [4.69, 9.17) is 26.6 Å². The minimum Gasteiger partial charge on any atom is -0.496 e. The lowest BCUT2D eigenvalue weighted by atomic mass is 10.1. The summed E-state index contributed by atoms with van der Waals surface area (Å²) in [7, 11) is 3.43. The van der Waals surface area contributed by atoms with Crippen molar-refractivity contribution < 1.29 is 14.9 Å². The Bertz CT molecular complexity index is 356. The zero-order valence-electron chi connectivity index (χ0n) is 10.1. The zero-order valence-corrected chi connectivity index (χ0v) is 10.8. The molecule has 0 bridgehead atoms. The molecular formula is C12H18ClNO3. The van der Waals surface area contributed by atoms with Gasteiger partial charge in [-0.3, -0.25) is 4.90 Å². The lowest BCUT2D eigenvalue weighted by molar-refractivity contribution is 0.0868. The first-order valence-corrected chi connectivity index (χ1v) is 5.74. The van der Waals surface area contributed by atoms with Crippen molar-refractivity contribution in [3.8, 4) is 5.75 Å². The van der Waals surface area contributed by atoms with Crippen LogP contribution in [0.5, 0.6) is 5.75 Å². The minimum atomic E-state index is -0.279. The van der Waals surface area contributed by atoms with Gasteiger partial charge in [-0.25, -0.2) is 0 Å². The van der Waals surface area contributed by atoms with Crippen molar-refractivity contribution >= 4 is 11.6 Å². The molecule has 2 N–H and O–H groups in total. The smallest absolute Gasteiger partial charge is 0.123 e. The molecule has 0 aliphatic rings. The van der Waals surface area contributed by atoms with Crippen molar-refractivity contribution in [3.63, 3.8) is 0 Å². The summed E-state index contributed by atoms with van der Waals surface area (Å²) < 4.78 is 5.24. The molecule has 0 heterocycles. The van der Waals surface area contributed by atoms with E-state index in [0.717, 1.165) is 11.3 Å². The number of nitrogens with zero attached hydrogens (tertiary/aromatic N) is 1. The Labute approximate surface area is 106 Å². The summed E-state index contributed by atoms with van der Waals surface area (Å²) in [5.74, 6) is 0.746. The normalized spacial score (nSPS) is 11.2. The third-order valence-corrected chi connectivity index (χ3v) is 2.94. The largest absolute Gasteiger partial charge is 0.496 e. The fourth-order valence-electron chi connectivity index (χ4n) is 1.61. The third kappa shape index (κ3) is 3.85. The predicted octanol–water partition coefficient (Wildman–Crippen LogP) is 1.13. The van der Waals surface area contributed by atoms with Gasteiger partial charge in [0.05, 0.1) is 26.4 Å². The molecule has 0 amide bonds. The van der Waals surface area contributed by atoms with E-state index in [9.17, 15) is 0 Å². The minimum absolute atomic E-state index is 0.0874. The number of methoxy groups -OCH3 is 1. The molecule has 0 aliphatic heterocycles. The van der Waals surface area contributed by atoms with Gasteiger partial charge in [0.15, 0.2) is 0 Å². The number of ether oxygens (including phenoxy) is 1. The van der Waals surface area contributed by atoms with Gasteiger partial charge in [0.25, 0.3) is 0 Å². The molecule has 0 radical (unpaired) electrons. The number of hydrogen-bond donors (Lipinski definition) is 2. The molecule has 0 aliphatic carbocycles. The number of likely N-dealkylation sites (N-methyl/N-ethyl adjacent to an activating group) is 1. The SMILES string of the molecule is COc1ccc(Cl)cc1CN(C)C(CO)CO. The predicted molar refractivity (Wildman–Crippen MR) is 67.4 cm³/mol. The number of rotatable bonds is 6. The highest BCUT2D eigenvalue weighted by atomic mass is 35.5. The fourth-order valence-corrected chi connectivity index (χ4v) is 1.80. The standard InChI is InChI=1S/C12H18ClNO3/c1-14(11(7-15)8-16)6-9-5-10(13)3-4-12(9)17-2/h3-5,11,15-16H,6-8H2,1-2H3. The average Bonchev–Trinajstić information content (AvgIpc) is 2.31. The molecule has 4 nitrogen and oxygen atoms in total. The Morgan fingerprint density at radius 3 is 2.53 bits per heavy atom. The highest BCUT2D eigenvalue weighted by Gasteiger charge is 2.14. The quantitative estimate of drug-likeness (QED) is 0.804. The van der Waals surface area contributed by atoms with Crippen LogP contribution in [-0.4, -0.2) is 48.5 Å². The van der Waals surface area contributed by atoms with Crippen LogP contribution in [0.1, 0.15) is 5.56 Å². The second-order valence-corrected chi connectivity index (χ2v) is 4.33.